The second-order valence-electron chi connectivity index (χ2n) is 2.45. The molecule has 0 bridgehead atoms. The predicted molar refractivity (Wildman–Crippen MR) is 33.2 cm³/mol. The normalized spacial score (nSPS) is 30.5. The van der Waals surface area contributed by atoms with Crippen LogP contribution in [0.25, 0.3) is 0 Å². The van der Waals surface area contributed by atoms with Crippen LogP contribution in [0.4, 0.5) is 0 Å². The summed E-state index contributed by atoms with van der Waals surface area (Å²) in [6.45, 7) is 0. The molecule has 2 N–H and O–H groups in total. The third kappa shape index (κ3) is 1.54. The first-order valence-corrected chi connectivity index (χ1v) is 3.16. The van der Waals surface area contributed by atoms with Crippen LogP contribution in [-0.2, 0) is 9.59 Å². The summed E-state index contributed by atoms with van der Waals surface area (Å²) >= 11 is 0. The number of hydrogen-bond acceptors (Lipinski definition) is 3. The van der Waals surface area contributed by atoms with E-state index in [2.05, 4.69) is 5.32 Å². The van der Waals surface area contributed by atoms with Crippen molar-refractivity contribution in [1.82, 2.24) is 5.32 Å². The molecule has 0 aromatic heterocycles. The molecule has 0 aliphatic heterocycles. The Morgan fingerprint density at radius 3 is 2.60 bits per heavy atom. The van der Waals surface area contributed by atoms with Gasteiger partial charge in [-0.1, -0.05) is 0 Å². The minimum atomic E-state index is -0.600. The van der Waals surface area contributed by atoms with Crippen molar-refractivity contribution < 1.29 is 14.7 Å². The highest BCUT2D eigenvalue weighted by Crippen LogP contribution is 2.18. The van der Waals surface area contributed by atoms with E-state index in [0.717, 1.165) is 0 Å². The van der Waals surface area contributed by atoms with Crippen molar-refractivity contribution in [3.63, 3.8) is 0 Å². The van der Waals surface area contributed by atoms with E-state index in [1.54, 1.807) is 0 Å². The van der Waals surface area contributed by atoms with Crippen LogP contribution in [0.2, 0.25) is 0 Å². The molecule has 56 valence electrons. The van der Waals surface area contributed by atoms with Crippen LogP contribution in [-0.4, -0.2) is 29.4 Å². The maximum absolute atomic E-state index is 10.4. The number of rotatable bonds is 2. The molecule has 1 saturated carbocycles. The monoisotopic (exact) mass is 143 g/mol. The predicted octanol–water partition coefficient (Wildman–Crippen LogP) is -1.18. The third-order valence-corrected chi connectivity index (χ3v) is 1.57. The Labute approximate surface area is 58.2 Å². The van der Waals surface area contributed by atoms with E-state index in [4.69, 9.17) is 5.11 Å². The average Bonchev–Trinajstić information content (AvgIpc) is 1.84. The fourth-order valence-electron chi connectivity index (χ4n) is 0.941. The summed E-state index contributed by atoms with van der Waals surface area (Å²) in [6.07, 6.45) is 1.08. The molecule has 0 atom stereocenters. The summed E-state index contributed by atoms with van der Waals surface area (Å²) in [6, 6.07) is 0.00713. The van der Waals surface area contributed by atoms with Crippen LogP contribution < -0.4 is 5.32 Å². The molecule has 1 amide bonds. The number of carbonyl (C=O) groups is 2. The van der Waals surface area contributed by atoms with Crippen molar-refractivity contribution in [2.24, 2.45) is 0 Å². The molecule has 0 heterocycles. The molecule has 0 aromatic carbocycles. The molecule has 0 unspecified atom stereocenters. The Morgan fingerprint density at radius 1 is 1.60 bits per heavy atom. The lowest BCUT2D eigenvalue weighted by Crippen LogP contribution is -2.47. The molecule has 1 aliphatic carbocycles. The lowest BCUT2D eigenvalue weighted by molar-refractivity contribution is -0.132. The van der Waals surface area contributed by atoms with Gasteiger partial charge in [0.15, 0.2) is 0 Å². The maximum Gasteiger partial charge on any atom is 0.284 e. The molecule has 1 aliphatic rings. The molecular weight excluding hydrogens is 134 g/mol. The van der Waals surface area contributed by atoms with Gasteiger partial charge in [-0.25, -0.2) is 0 Å². The van der Waals surface area contributed by atoms with Gasteiger partial charge in [0.05, 0.1) is 6.10 Å². The lowest BCUT2D eigenvalue weighted by atomic mass is 9.89. The van der Waals surface area contributed by atoms with Gasteiger partial charge in [-0.3, -0.25) is 9.59 Å². The number of carbonyl (C=O) groups excluding carboxylic acids is 2. The number of aldehydes is 1. The van der Waals surface area contributed by atoms with Gasteiger partial charge in [0.2, 0.25) is 6.29 Å². The molecule has 0 spiro atoms. The van der Waals surface area contributed by atoms with E-state index in [9.17, 15) is 9.59 Å². The standard InChI is InChI=1S/C6H9NO3/c8-3-6(10)7-4-1-5(9)2-4/h3-5,9H,1-2H2,(H,7,10). The molecule has 0 radical (unpaired) electrons. The van der Waals surface area contributed by atoms with E-state index in [1.165, 1.54) is 0 Å². The quantitative estimate of drug-likeness (QED) is 0.378. The fraction of sp³-hybridized carbons (Fsp3) is 0.667. The fourth-order valence-corrected chi connectivity index (χ4v) is 0.941. The Morgan fingerprint density at radius 2 is 2.20 bits per heavy atom. The number of amides is 1. The Bertz CT molecular complexity index is 151. The Balaban J connectivity index is 2.16. The topological polar surface area (TPSA) is 66.4 Å². The van der Waals surface area contributed by atoms with Crippen molar-refractivity contribution >= 4 is 12.2 Å². The van der Waals surface area contributed by atoms with Crippen molar-refractivity contribution in [3.8, 4) is 0 Å². The molecule has 10 heavy (non-hydrogen) atoms. The highest BCUT2D eigenvalue weighted by molar-refractivity contribution is 6.23. The summed E-state index contributed by atoms with van der Waals surface area (Å²) in [5.74, 6) is -0.600. The van der Waals surface area contributed by atoms with Gasteiger partial charge < -0.3 is 10.4 Å². The van der Waals surface area contributed by atoms with Crippen molar-refractivity contribution in [1.29, 1.82) is 0 Å². The summed E-state index contributed by atoms with van der Waals surface area (Å²) in [4.78, 5) is 20.1. The zero-order valence-corrected chi connectivity index (χ0v) is 5.41. The van der Waals surface area contributed by atoms with Gasteiger partial charge in [0.25, 0.3) is 5.91 Å². The second kappa shape index (κ2) is 2.79. The van der Waals surface area contributed by atoms with Crippen LogP contribution in [0, 0.1) is 0 Å². The maximum atomic E-state index is 10.4. The smallest absolute Gasteiger partial charge is 0.284 e. The van der Waals surface area contributed by atoms with Crippen molar-refractivity contribution in [2.45, 2.75) is 25.0 Å². The third-order valence-electron chi connectivity index (χ3n) is 1.57. The number of nitrogens with one attached hydrogen (secondary N) is 1. The van der Waals surface area contributed by atoms with E-state index >= 15 is 0 Å². The van der Waals surface area contributed by atoms with Crippen LogP contribution in [0.1, 0.15) is 12.8 Å². The Hall–Kier alpha value is -0.900. The van der Waals surface area contributed by atoms with Crippen LogP contribution >= 0.6 is 0 Å². The molecule has 1 rings (SSSR count). The highest BCUT2D eigenvalue weighted by Gasteiger charge is 2.27. The summed E-state index contributed by atoms with van der Waals surface area (Å²) < 4.78 is 0. The molecule has 1 fully saturated rings. The largest absolute Gasteiger partial charge is 0.393 e. The van der Waals surface area contributed by atoms with Gasteiger partial charge in [0.1, 0.15) is 0 Å². The summed E-state index contributed by atoms with van der Waals surface area (Å²) in [5.41, 5.74) is 0. The zero-order chi connectivity index (χ0) is 7.56. The highest BCUT2D eigenvalue weighted by atomic mass is 16.3. The lowest BCUT2D eigenvalue weighted by Gasteiger charge is -2.31. The summed E-state index contributed by atoms with van der Waals surface area (Å²) in [7, 11) is 0. The van der Waals surface area contributed by atoms with Gasteiger partial charge in [-0.15, -0.1) is 0 Å². The Kier molecular flexibility index (Phi) is 2.01. The molecule has 4 heteroatoms. The average molecular weight is 143 g/mol. The first-order valence-electron chi connectivity index (χ1n) is 3.16. The van der Waals surface area contributed by atoms with Gasteiger partial charge >= 0.3 is 0 Å². The summed E-state index contributed by atoms with van der Waals surface area (Å²) in [5, 5.41) is 11.2. The van der Waals surface area contributed by atoms with Crippen molar-refractivity contribution in [3.05, 3.63) is 0 Å². The first-order chi connectivity index (χ1) is 4.72. The minimum Gasteiger partial charge on any atom is -0.393 e. The second-order valence-corrected chi connectivity index (χ2v) is 2.45. The number of aliphatic hydroxyl groups excluding tert-OH is 1. The molecule has 0 saturated heterocycles. The van der Waals surface area contributed by atoms with Crippen LogP contribution in [0.3, 0.4) is 0 Å². The zero-order valence-electron chi connectivity index (χ0n) is 5.41. The number of hydrogen-bond donors (Lipinski definition) is 2. The molecule has 4 nitrogen and oxygen atoms in total. The molecule has 0 aromatic rings. The van der Waals surface area contributed by atoms with E-state index in [0.29, 0.717) is 12.8 Å². The van der Waals surface area contributed by atoms with Gasteiger partial charge in [-0.2, -0.15) is 0 Å². The van der Waals surface area contributed by atoms with E-state index in [-0.39, 0.29) is 18.4 Å². The van der Waals surface area contributed by atoms with E-state index in [1.807, 2.05) is 0 Å². The SMILES string of the molecule is O=CC(=O)NC1CC(O)C1. The van der Waals surface area contributed by atoms with Crippen LogP contribution in [0.5, 0.6) is 0 Å². The first kappa shape index (κ1) is 7.21. The minimum absolute atomic E-state index is 0.00713. The van der Waals surface area contributed by atoms with Crippen molar-refractivity contribution in [2.75, 3.05) is 0 Å². The van der Waals surface area contributed by atoms with Crippen LogP contribution in [0.15, 0.2) is 0 Å². The van der Waals surface area contributed by atoms with Gasteiger partial charge in [0, 0.05) is 6.04 Å². The van der Waals surface area contributed by atoms with E-state index < -0.39 is 5.91 Å². The van der Waals surface area contributed by atoms with Gasteiger partial charge in [-0.05, 0) is 12.8 Å². The number of aliphatic hydroxyl groups is 1. The molecular formula is C6H9NO3.